The number of carbonyl (C=O) groups excluding carboxylic acids is 2. The van der Waals surface area contributed by atoms with E-state index in [4.69, 9.17) is 23.8 Å². The molecule has 6 nitrogen and oxygen atoms in total. The summed E-state index contributed by atoms with van der Waals surface area (Å²) < 4.78 is 60.0. The van der Waals surface area contributed by atoms with Gasteiger partial charge in [-0.25, -0.2) is 8.78 Å². The highest BCUT2D eigenvalue weighted by Gasteiger charge is 2.30. The fourth-order valence-corrected chi connectivity index (χ4v) is 2.83. The molecule has 0 saturated carbocycles. The van der Waals surface area contributed by atoms with Crippen molar-refractivity contribution in [1.29, 1.82) is 0 Å². The van der Waals surface area contributed by atoms with Gasteiger partial charge in [-0.15, -0.1) is 0 Å². The second-order valence-electron chi connectivity index (χ2n) is 6.07. The van der Waals surface area contributed by atoms with Crippen LogP contribution in [-0.4, -0.2) is 24.0 Å². The van der Waals surface area contributed by atoms with Crippen LogP contribution in [-0.2, 0) is 4.79 Å². The van der Waals surface area contributed by atoms with Crippen molar-refractivity contribution >= 4 is 52.1 Å². The molecule has 0 fully saturated rings. The van der Waals surface area contributed by atoms with E-state index in [-0.39, 0.29) is 16.6 Å². The maximum atomic E-state index is 14.1. The van der Waals surface area contributed by atoms with Crippen molar-refractivity contribution in [2.75, 3.05) is 17.7 Å². The zero-order valence-electron chi connectivity index (χ0n) is 16.2. The molecular weight excluding hydrogens is 462 g/mol. The summed E-state index contributed by atoms with van der Waals surface area (Å²) in [5.41, 5.74) is -1.00. The van der Waals surface area contributed by atoms with E-state index >= 15 is 0 Å². The van der Waals surface area contributed by atoms with Crippen LogP contribution >= 0.6 is 23.8 Å². The summed E-state index contributed by atoms with van der Waals surface area (Å²) >= 11 is 10.9. The first-order valence-electron chi connectivity index (χ1n) is 8.72. The molecule has 2 amide bonds. The van der Waals surface area contributed by atoms with Gasteiger partial charge < -0.3 is 15.4 Å². The van der Waals surface area contributed by atoms with Gasteiger partial charge in [-0.2, -0.15) is 8.78 Å². The lowest BCUT2D eigenvalue weighted by atomic mass is 10.1. The highest BCUT2D eigenvalue weighted by atomic mass is 35.5. The molecule has 0 spiro atoms. The zero-order valence-corrected chi connectivity index (χ0v) is 17.7. The monoisotopic (exact) mass is 477 g/mol. The summed E-state index contributed by atoms with van der Waals surface area (Å²) in [6, 6.07) is 4.36. The van der Waals surface area contributed by atoms with Crippen LogP contribution < -0.4 is 20.7 Å². The van der Waals surface area contributed by atoms with Crippen LogP contribution in [0.2, 0.25) is 5.02 Å². The quantitative estimate of drug-likeness (QED) is 0.317. The van der Waals surface area contributed by atoms with Gasteiger partial charge in [0.15, 0.2) is 22.5 Å². The molecule has 0 atom stereocenters. The Bertz CT molecular complexity index is 1020. The second-order valence-corrected chi connectivity index (χ2v) is 6.88. The predicted molar refractivity (Wildman–Crippen MR) is 112 cm³/mol. The van der Waals surface area contributed by atoms with E-state index in [2.05, 4.69) is 15.4 Å². The van der Waals surface area contributed by atoms with Gasteiger partial charge in [0.05, 0.1) is 17.8 Å². The maximum absolute atomic E-state index is 14.1. The molecule has 0 bridgehead atoms. The Morgan fingerprint density at radius 3 is 2.23 bits per heavy atom. The fraction of sp³-hybridized carbons (Fsp3) is 0.211. The largest absolute Gasteiger partial charge is 0.491 e. The Balaban J connectivity index is 2.20. The molecule has 0 heterocycles. The van der Waals surface area contributed by atoms with Crippen LogP contribution in [0.4, 0.5) is 28.9 Å². The Labute approximate surface area is 184 Å². The van der Waals surface area contributed by atoms with Gasteiger partial charge in [0.2, 0.25) is 17.5 Å². The first-order chi connectivity index (χ1) is 14.6. The highest BCUT2D eigenvalue weighted by molar-refractivity contribution is 7.80. The number of benzene rings is 2. The molecule has 2 aromatic carbocycles. The molecule has 0 radical (unpaired) electrons. The molecule has 31 heavy (non-hydrogen) atoms. The number of carbonyl (C=O) groups is 2. The van der Waals surface area contributed by atoms with E-state index in [1.54, 1.807) is 0 Å². The van der Waals surface area contributed by atoms with Crippen molar-refractivity contribution in [3.8, 4) is 5.75 Å². The average Bonchev–Trinajstić information content (AvgIpc) is 2.69. The number of halogens is 5. The SMILES string of the molecule is CCCC(=O)Nc1ccc(Cl)c(NC(=S)NC(=O)c2c(F)c(F)c(OC)c(F)c2F)c1. The molecule has 166 valence electrons. The number of rotatable bonds is 6. The average molecular weight is 478 g/mol. The Hall–Kier alpha value is -2.92. The number of ether oxygens (including phenoxy) is 1. The van der Waals surface area contributed by atoms with E-state index in [1.807, 2.05) is 12.2 Å². The summed E-state index contributed by atoms with van der Waals surface area (Å²) in [5.74, 6) is -10.7. The minimum Gasteiger partial charge on any atom is -0.491 e. The predicted octanol–water partition coefficient (Wildman–Crippen LogP) is 4.77. The number of anilines is 2. The van der Waals surface area contributed by atoms with Crippen molar-refractivity contribution in [2.45, 2.75) is 19.8 Å². The fourth-order valence-electron chi connectivity index (χ4n) is 2.46. The lowest BCUT2D eigenvalue weighted by Crippen LogP contribution is -2.35. The molecule has 3 N–H and O–H groups in total. The van der Waals surface area contributed by atoms with Crippen molar-refractivity contribution < 1.29 is 31.9 Å². The lowest BCUT2D eigenvalue weighted by molar-refractivity contribution is -0.116. The first-order valence-corrected chi connectivity index (χ1v) is 9.50. The van der Waals surface area contributed by atoms with E-state index in [1.165, 1.54) is 18.2 Å². The van der Waals surface area contributed by atoms with Crippen molar-refractivity contribution in [2.24, 2.45) is 0 Å². The van der Waals surface area contributed by atoms with Gasteiger partial charge in [0.25, 0.3) is 5.91 Å². The third-order valence-electron chi connectivity index (χ3n) is 3.86. The van der Waals surface area contributed by atoms with Crippen LogP contribution in [0.5, 0.6) is 5.75 Å². The topological polar surface area (TPSA) is 79.5 Å². The lowest BCUT2D eigenvalue weighted by Gasteiger charge is -2.14. The van der Waals surface area contributed by atoms with Crippen LogP contribution in [0.25, 0.3) is 0 Å². The number of hydrogen-bond donors (Lipinski definition) is 3. The van der Waals surface area contributed by atoms with Gasteiger partial charge in [0, 0.05) is 12.1 Å². The molecule has 0 aliphatic rings. The standard InChI is InChI=1S/C19H16ClF4N3O3S/c1-3-4-11(28)25-8-5-6-9(20)10(7-8)26-19(31)27-18(29)12-13(21)15(23)17(30-2)16(24)14(12)22/h5-7H,3-4H2,1-2H3,(H,25,28)(H2,26,27,29,31). The summed E-state index contributed by atoms with van der Waals surface area (Å²) in [5, 5.41) is 6.71. The molecule has 0 aliphatic heterocycles. The van der Waals surface area contributed by atoms with Gasteiger partial charge >= 0.3 is 0 Å². The number of amides is 2. The number of hydrogen-bond acceptors (Lipinski definition) is 4. The van der Waals surface area contributed by atoms with E-state index in [9.17, 15) is 27.2 Å². The Kier molecular flexibility index (Phi) is 8.17. The third-order valence-corrected chi connectivity index (χ3v) is 4.39. The van der Waals surface area contributed by atoms with E-state index in [0.717, 1.165) is 7.11 Å². The van der Waals surface area contributed by atoms with Gasteiger partial charge in [-0.3, -0.25) is 14.9 Å². The summed E-state index contributed by atoms with van der Waals surface area (Å²) in [4.78, 5) is 23.9. The Morgan fingerprint density at radius 2 is 1.68 bits per heavy atom. The van der Waals surface area contributed by atoms with Gasteiger partial charge in [-0.05, 0) is 36.8 Å². The van der Waals surface area contributed by atoms with E-state index in [0.29, 0.717) is 18.5 Å². The van der Waals surface area contributed by atoms with Gasteiger partial charge in [0.1, 0.15) is 5.56 Å². The molecule has 0 unspecified atom stereocenters. The van der Waals surface area contributed by atoms with Crippen LogP contribution in [0.15, 0.2) is 18.2 Å². The smallest absolute Gasteiger partial charge is 0.263 e. The summed E-state index contributed by atoms with van der Waals surface area (Å²) in [7, 11) is 0.807. The molecule has 12 heteroatoms. The molecule has 2 aromatic rings. The summed E-state index contributed by atoms with van der Waals surface area (Å²) in [6.07, 6.45) is 0.937. The summed E-state index contributed by atoms with van der Waals surface area (Å²) in [6.45, 7) is 1.84. The second kappa shape index (κ2) is 10.4. The number of thiocarbonyl (C=S) groups is 1. The maximum Gasteiger partial charge on any atom is 0.263 e. The van der Waals surface area contributed by atoms with Crippen LogP contribution in [0.3, 0.4) is 0 Å². The van der Waals surface area contributed by atoms with Crippen molar-refractivity contribution in [3.05, 3.63) is 52.1 Å². The molecular formula is C19H16ClF4N3O3S. The zero-order chi connectivity index (χ0) is 23.3. The van der Waals surface area contributed by atoms with Crippen molar-refractivity contribution in [1.82, 2.24) is 5.32 Å². The molecule has 0 saturated heterocycles. The Morgan fingerprint density at radius 1 is 1.06 bits per heavy atom. The third kappa shape index (κ3) is 5.61. The minimum atomic E-state index is -1.95. The van der Waals surface area contributed by atoms with Gasteiger partial charge in [-0.1, -0.05) is 18.5 Å². The van der Waals surface area contributed by atoms with Crippen LogP contribution in [0, 0.1) is 23.3 Å². The molecule has 0 aliphatic carbocycles. The number of methoxy groups -OCH3 is 1. The van der Waals surface area contributed by atoms with Crippen LogP contribution in [0.1, 0.15) is 30.1 Å². The van der Waals surface area contributed by atoms with E-state index < -0.39 is 45.6 Å². The molecule has 0 aromatic heterocycles. The van der Waals surface area contributed by atoms with Crippen molar-refractivity contribution in [3.63, 3.8) is 0 Å². The minimum absolute atomic E-state index is 0.143. The first kappa shape index (κ1) is 24.4. The normalized spacial score (nSPS) is 10.4. The number of nitrogens with one attached hydrogen (secondary N) is 3. The highest BCUT2D eigenvalue weighted by Crippen LogP contribution is 2.30. The molecule has 2 rings (SSSR count).